The van der Waals surface area contributed by atoms with Crippen LogP contribution in [-0.4, -0.2) is 28.3 Å². The quantitative estimate of drug-likeness (QED) is 0.689. The van der Waals surface area contributed by atoms with Crippen LogP contribution in [0.3, 0.4) is 0 Å². The van der Waals surface area contributed by atoms with Gasteiger partial charge in [-0.2, -0.15) is 10.4 Å². The molecule has 4 rings (SSSR count). The normalized spacial score (nSPS) is 12.0. The zero-order valence-corrected chi connectivity index (χ0v) is 14.0. The Hall–Kier alpha value is -3.66. The first-order chi connectivity index (χ1) is 12.7. The van der Waals surface area contributed by atoms with E-state index in [1.54, 1.807) is 24.4 Å². The van der Waals surface area contributed by atoms with Crippen LogP contribution < -0.4 is 5.73 Å². The average molecular weight is 345 g/mol. The smallest absolute Gasteiger partial charge is 0.338 e. The van der Waals surface area contributed by atoms with E-state index in [9.17, 15) is 10.1 Å². The van der Waals surface area contributed by atoms with E-state index in [-0.39, 0.29) is 11.4 Å². The molecule has 0 spiro atoms. The van der Waals surface area contributed by atoms with Crippen LogP contribution in [0.15, 0.2) is 30.5 Å². The molecule has 2 heterocycles. The first-order valence-electron chi connectivity index (χ1n) is 8.08. The molecular weight excluding hydrogens is 330 g/mol. The highest BCUT2D eigenvalue weighted by Crippen LogP contribution is 2.41. The lowest BCUT2D eigenvalue weighted by Crippen LogP contribution is -2.12. The molecule has 3 N–H and O–H groups in total. The van der Waals surface area contributed by atoms with Crippen LogP contribution in [0.2, 0.25) is 0 Å². The molecule has 0 saturated carbocycles. The summed E-state index contributed by atoms with van der Waals surface area (Å²) in [4.78, 5) is 16.7. The van der Waals surface area contributed by atoms with E-state index in [1.165, 1.54) is 7.11 Å². The summed E-state index contributed by atoms with van der Waals surface area (Å²) in [6.07, 6.45) is 3.12. The molecule has 0 fully saturated rings. The van der Waals surface area contributed by atoms with Crippen molar-refractivity contribution in [1.82, 2.24) is 15.2 Å². The predicted octanol–water partition coefficient (Wildman–Crippen LogP) is 2.48. The number of nitrogens with one attached hydrogen (secondary N) is 1. The second-order valence-corrected chi connectivity index (χ2v) is 5.99. The zero-order chi connectivity index (χ0) is 18.3. The molecule has 0 bridgehead atoms. The number of nitriles is 1. The molecule has 2 aromatic heterocycles. The maximum absolute atomic E-state index is 12.3. The highest BCUT2D eigenvalue weighted by molar-refractivity contribution is 6.00. The summed E-state index contributed by atoms with van der Waals surface area (Å²) >= 11 is 0. The topological polar surface area (TPSA) is 118 Å². The van der Waals surface area contributed by atoms with Crippen LogP contribution in [0.5, 0.6) is 0 Å². The van der Waals surface area contributed by atoms with Crippen molar-refractivity contribution in [2.75, 3.05) is 12.8 Å². The number of pyridine rings is 1. The fraction of sp³-hybridized carbons (Fsp3) is 0.158. The number of ether oxygens (including phenoxy) is 1. The van der Waals surface area contributed by atoms with Crippen molar-refractivity contribution in [1.29, 1.82) is 5.26 Å². The highest BCUT2D eigenvalue weighted by Gasteiger charge is 2.28. The molecule has 0 amide bonds. The Morgan fingerprint density at radius 1 is 1.31 bits per heavy atom. The number of aryl methyl sites for hydroxylation is 1. The second-order valence-electron chi connectivity index (χ2n) is 5.99. The van der Waals surface area contributed by atoms with Gasteiger partial charge in [0.25, 0.3) is 0 Å². The van der Waals surface area contributed by atoms with Crippen molar-refractivity contribution in [3.8, 4) is 28.5 Å². The fourth-order valence-corrected chi connectivity index (χ4v) is 3.46. The van der Waals surface area contributed by atoms with Gasteiger partial charge in [0.05, 0.1) is 24.6 Å². The van der Waals surface area contributed by atoms with Crippen LogP contribution in [0.25, 0.3) is 22.4 Å². The Morgan fingerprint density at radius 3 is 2.88 bits per heavy atom. The summed E-state index contributed by atoms with van der Waals surface area (Å²) in [5, 5.41) is 16.8. The number of benzene rings is 1. The molecule has 7 heteroatoms. The van der Waals surface area contributed by atoms with E-state index < -0.39 is 5.97 Å². The standard InChI is InChI=1S/C19H15N5O2/c1-26-19(25)11-5-3-2-4-10(11)16-12-6-7-15-14(9-22-24-15)17(12)23-18(21)13(16)8-20/h2-5,9H,6-7H2,1H3,(H2,21,23)(H,22,24). The van der Waals surface area contributed by atoms with E-state index in [2.05, 4.69) is 21.3 Å². The van der Waals surface area contributed by atoms with Gasteiger partial charge in [-0.25, -0.2) is 9.78 Å². The number of nitrogens with zero attached hydrogens (tertiary/aromatic N) is 3. The van der Waals surface area contributed by atoms with Crippen LogP contribution in [0, 0.1) is 11.3 Å². The summed E-state index contributed by atoms with van der Waals surface area (Å²) in [6, 6.07) is 9.20. The first kappa shape index (κ1) is 15.8. The number of aromatic amines is 1. The molecule has 7 nitrogen and oxygen atoms in total. The lowest BCUT2D eigenvalue weighted by molar-refractivity contribution is 0.0601. The molecule has 0 unspecified atom stereocenters. The first-order valence-corrected chi connectivity index (χ1v) is 8.08. The molecular formula is C19H15N5O2. The van der Waals surface area contributed by atoms with Crippen molar-refractivity contribution >= 4 is 11.8 Å². The number of nitrogen functional groups attached to an aromatic ring is 1. The van der Waals surface area contributed by atoms with Gasteiger partial charge < -0.3 is 10.5 Å². The molecule has 1 aliphatic rings. The molecule has 0 atom stereocenters. The van der Waals surface area contributed by atoms with Crippen LogP contribution in [0.4, 0.5) is 5.82 Å². The van der Waals surface area contributed by atoms with Crippen LogP contribution in [0.1, 0.15) is 27.2 Å². The van der Waals surface area contributed by atoms with E-state index in [0.717, 1.165) is 23.2 Å². The van der Waals surface area contributed by atoms with Gasteiger partial charge in [0, 0.05) is 16.8 Å². The largest absolute Gasteiger partial charge is 0.465 e. The Bertz CT molecular complexity index is 1080. The molecule has 0 radical (unpaired) electrons. The maximum atomic E-state index is 12.3. The van der Waals surface area contributed by atoms with Crippen molar-refractivity contribution in [3.05, 3.63) is 52.8 Å². The Labute approximate surface area is 149 Å². The number of carbonyl (C=O) groups is 1. The number of fused-ring (bicyclic) bond motifs is 3. The minimum Gasteiger partial charge on any atom is -0.465 e. The van der Waals surface area contributed by atoms with Gasteiger partial charge >= 0.3 is 5.97 Å². The van der Waals surface area contributed by atoms with Crippen molar-refractivity contribution < 1.29 is 9.53 Å². The number of aromatic nitrogens is 3. The van der Waals surface area contributed by atoms with Crippen LogP contribution >= 0.6 is 0 Å². The molecule has 128 valence electrons. The minimum absolute atomic E-state index is 0.134. The number of hydrogen-bond donors (Lipinski definition) is 2. The fourth-order valence-electron chi connectivity index (χ4n) is 3.46. The Balaban J connectivity index is 2.08. The number of anilines is 1. The zero-order valence-electron chi connectivity index (χ0n) is 14.0. The van der Waals surface area contributed by atoms with Gasteiger partial charge in [0.1, 0.15) is 17.5 Å². The summed E-state index contributed by atoms with van der Waals surface area (Å²) in [6.45, 7) is 0. The molecule has 26 heavy (non-hydrogen) atoms. The lowest BCUT2D eigenvalue weighted by Gasteiger charge is -2.22. The third kappa shape index (κ3) is 2.24. The van der Waals surface area contributed by atoms with Gasteiger partial charge in [0.15, 0.2) is 0 Å². The molecule has 1 aliphatic carbocycles. The van der Waals surface area contributed by atoms with E-state index in [1.807, 2.05) is 6.07 Å². The maximum Gasteiger partial charge on any atom is 0.338 e. The average Bonchev–Trinajstić information content (AvgIpc) is 3.15. The Kier molecular flexibility index (Phi) is 3.66. The SMILES string of the molecule is COC(=O)c1ccccc1-c1c(C#N)c(N)nc2c1CCc1[nH]ncc1-2. The van der Waals surface area contributed by atoms with E-state index >= 15 is 0 Å². The molecule has 3 aromatic rings. The number of carbonyl (C=O) groups excluding carboxylic acids is 1. The van der Waals surface area contributed by atoms with Crippen LogP contribution in [-0.2, 0) is 17.6 Å². The van der Waals surface area contributed by atoms with Gasteiger partial charge in [-0.15, -0.1) is 0 Å². The number of H-pyrrole nitrogens is 1. The number of methoxy groups -OCH3 is 1. The monoisotopic (exact) mass is 345 g/mol. The van der Waals surface area contributed by atoms with Gasteiger partial charge in [0.2, 0.25) is 0 Å². The van der Waals surface area contributed by atoms with Gasteiger partial charge in [-0.05, 0) is 30.0 Å². The number of nitrogens with two attached hydrogens (primary N) is 1. The third-order valence-corrected chi connectivity index (χ3v) is 4.64. The number of rotatable bonds is 2. The van der Waals surface area contributed by atoms with E-state index in [4.69, 9.17) is 10.5 Å². The van der Waals surface area contributed by atoms with Gasteiger partial charge in [-0.3, -0.25) is 5.10 Å². The van der Waals surface area contributed by atoms with E-state index in [0.29, 0.717) is 28.8 Å². The Morgan fingerprint density at radius 2 is 2.12 bits per heavy atom. The lowest BCUT2D eigenvalue weighted by atomic mass is 9.84. The summed E-state index contributed by atoms with van der Waals surface area (Å²) in [5.41, 5.74) is 11.5. The highest BCUT2D eigenvalue weighted by atomic mass is 16.5. The third-order valence-electron chi connectivity index (χ3n) is 4.64. The summed E-state index contributed by atoms with van der Waals surface area (Å²) in [7, 11) is 1.33. The molecule has 1 aromatic carbocycles. The van der Waals surface area contributed by atoms with Crippen molar-refractivity contribution in [3.63, 3.8) is 0 Å². The minimum atomic E-state index is -0.464. The summed E-state index contributed by atoms with van der Waals surface area (Å²) in [5.74, 6) is -0.330. The second kappa shape index (κ2) is 6.01. The number of esters is 1. The van der Waals surface area contributed by atoms with Crippen molar-refractivity contribution in [2.24, 2.45) is 0 Å². The predicted molar refractivity (Wildman–Crippen MR) is 95.1 cm³/mol. The summed E-state index contributed by atoms with van der Waals surface area (Å²) < 4.78 is 4.91. The molecule has 0 aliphatic heterocycles. The number of hydrogen-bond acceptors (Lipinski definition) is 6. The molecule has 0 saturated heterocycles. The van der Waals surface area contributed by atoms with Gasteiger partial charge in [-0.1, -0.05) is 18.2 Å². The van der Waals surface area contributed by atoms with Crippen molar-refractivity contribution in [2.45, 2.75) is 12.8 Å².